The van der Waals surface area contributed by atoms with Gasteiger partial charge >= 0.3 is 6.18 Å². The zero-order valence-corrected chi connectivity index (χ0v) is 12.2. The molecule has 0 aromatic heterocycles. The highest BCUT2D eigenvalue weighted by molar-refractivity contribution is 5.88. The standard InChI is InChI=1S/C16H18F3NO/c1-15(2,3)21-12-9-8-10-6-4-5-7-11(10)13(12)14(20)16(17,18)19/h4-9,14H,20H2,1-3H3/t14-/m0/s1. The molecule has 0 heterocycles. The third kappa shape index (κ3) is 3.47. The van der Waals surface area contributed by atoms with Crippen LogP contribution in [0, 0.1) is 0 Å². The first kappa shape index (κ1) is 15.6. The largest absolute Gasteiger partial charge is 0.488 e. The Kier molecular flexibility index (Phi) is 3.89. The summed E-state index contributed by atoms with van der Waals surface area (Å²) in [4.78, 5) is 0. The first-order chi connectivity index (χ1) is 9.59. The molecule has 114 valence electrons. The molecule has 0 saturated heterocycles. The Morgan fingerprint density at radius 2 is 1.62 bits per heavy atom. The van der Waals surface area contributed by atoms with Crippen molar-refractivity contribution in [1.29, 1.82) is 0 Å². The molecule has 2 rings (SSSR count). The second-order valence-electron chi connectivity index (χ2n) is 5.93. The van der Waals surface area contributed by atoms with Gasteiger partial charge in [-0.15, -0.1) is 0 Å². The lowest BCUT2D eigenvalue weighted by molar-refractivity contribution is -0.149. The van der Waals surface area contributed by atoms with Gasteiger partial charge in [0.25, 0.3) is 0 Å². The average molecular weight is 297 g/mol. The molecule has 2 N–H and O–H groups in total. The minimum atomic E-state index is -4.53. The van der Waals surface area contributed by atoms with Gasteiger partial charge in [-0.1, -0.05) is 30.3 Å². The summed E-state index contributed by atoms with van der Waals surface area (Å²) in [6.45, 7) is 5.35. The summed E-state index contributed by atoms with van der Waals surface area (Å²) in [6, 6.07) is 8.05. The molecule has 2 aromatic carbocycles. The van der Waals surface area contributed by atoms with E-state index in [1.165, 1.54) is 0 Å². The molecule has 5 heteroatoms. The molecule has 0 amide bonds. The summed E-state index contributed by atoms with van der Waals surface area (Å²) in [6.07, 6.45) is -4.53. The van der Waals surface area contributed by atoms with E-state index in [0.29, 0.717) is 10.8 Å². The number of nitrogens with two attached hydrogens (primary N) is 1. The smallest absolute Gasteiger partial charge is 0.407 e. The topological polar surface area (TPSA) is 35.2 Å². The summed E-state index contributed by atoms with van der Waals surface area (Å²) in [7, 11) is 0. The van der Waals surface area contributed by atoms with Crippen molar-refractivity contribution >= 4 is 10.8 Å². The predicted molar refractivity (Wildman–Crippen MR) is 77.3 cm³/mol. The van der Waals surface area contributed by atoms with Crippen molar-refractivity contribution in [3.63, 3.8) is 0 Å². The maximum atomic E-state index is 13.1. The molecule has 1 atom stereocenters. The summed E-state index contributed by atoms with van der Waals surface area (Å²) < 4.78 is 45.0. The van der Waals surface area contributed by atoms with Crippen LogP contribution in [0.3, 0.4) is 0 Å². The Labute approximate surface area is 121 Å². The number of rotatable bonds is 2. The lowest BCUT2D eigenvalue weighted by Crippen LogP contribution is -2.31. The van der Waals surface area contributed by atoms with Gasteiger partial charge in [-0.3, -0.25) is 0 Å². The van der Waals surface area contributed by atoms with Crippen LogP contribution in [-0.4, -0.2) is 11.8 Å². The van der Waals surface area contributed by atoms with Crippen LogP contribution in [0.2, 0.25) is 0 Å². The molecule has 0 unspecified atom stereocenters. The zero-order valence-electron chi connectivity index (χ0n) is 12.2. The monoisotopic (exact) mass is 297 g/mol. The number of hydrogen-bond acceptors (Lipinski definition) is 2. The van der Waals surface area contributed by atoms with Gasteiger partial charge in [-0.25, -0.2) is 0 Å². The van der Waals surface area contributed by atoms with Crippen LogP contribution >= 0.6 is 0 Å². The van der Waals surface area contributed by atoms with Crippen molar-refractivity contribution < 1.29 is 17.9 Å². The Hall–Kier alpha value is -1.75. The number of fused-ring (bicyclic) bond motifs is 1. The number of alkyl halides is 3. The Morgan fingerprint density at radius 1 is 1.00 bits per heavy atom. The van der Waals surface area contributed by atoms with Crippen LogP contribution < -0.4 is 10.5 Å². The molecular weight excluding hydrogens is 279 g/mol. The summed E-state index contributed by atoms with van der Waals surface area (Å²) in [5.41, 5.74) is 4.83. The van der Waals surface area contributed by atoms with E-state index < -0.39 is 17.8 Å². The maximum absolute atomic E-state index is 13.1. The van der Waals surface area contributed by atoms with E-state index in [1.54, 1.807) is 57.2 Å². The molecule has 0 radical (unpaired) electrons. The van der Waals surface area contributed by atoms with Crippen LogP contribution in [0.15, 0.2) is 36.4 Å². The van der Waals surface area contributed by atoms with Crippen LogP contribution in [0.1, 0.15) is 32.4 Å². The minimum Gasteiger partial charge on any atom is -0.488 e. The Bertz CT molecular complexity index is 644. The van der Waals surface area contributed by atoms with E-state index in [-0.39, 0.29) is 11.3 Å². The first-order valence-corrected chi connectivity index (χ1v) is 6.62. The van der Waals surface area contributed by atoms with Crippen molar-refractivity contribution in [2.24, 2.45) is 5.73 Å². The number of hydrogen-bond donors (Lipinski definition) is 1. The summed E-state index contributed by atoms with van der Waals surface area (Å²) in [5, 5.41) is 1.16. The van der Waals surface area contributed by atoms with Crippen molar-refractivity contribution in [2.45, 2.75) is 38.6 Å². The second kappa shape index (κ2) is 5.22. The highest BCUT2D eigenvalue weighted by Gasteiger charge is 2.40. The van der Waals surface area contributed by atoms with Gasteiger partial charge in [0, 0.05) is 5.56 Å². The number of halogens is 3. The normalized spacial score (nSPS) is 14.2. The van der Waals surface area contributed by atoms with Gasteiger partial charge in [0.15, 0.2) is 0 Å². The van der Waals surface area contributed by atoms with Gasteiger partial charge in [-0.2, -0.15) is 13.2 Å². The van der Waals surface area contributed by atoms with Gasteiger partial charge in [0.2, 0.25) is 0 Å². The van der Waals surface area contributed by atoms with Crippen LogP contribution in [0.25, 0.3) is 10.8 Å². The van der Waals surface area contributed by atoms with E-state index in [9.17, 15) is 13.2 Å². The Balaban J connectivity index is 2.68. The summed E-state index contributed by atoms with van der Waals surface area (Å²) >= 11 is 0. The van der Waals surface area contributed by atoms with E-state index in [2.05, 4.69) is 0 Å². The molecule has 0 aliphatic carbocycles. The van der Waals surface area contributed by atoms with Crippen molar-refractivity contribution in [2.75, 3.05) is 0 Å². The van der Waals surface area contributed by atoms with Gasteiger partial charge in [-0.05, 0) is 37.6 Å². The van der Waals surface area contributed by atoms with Gasteiger partial charge in [0.05, 0.1) is 0 Å². The van der Waals surface area contributed by atoms with E-state index >= 15 is 0 Å². The van der Waals surface area contributed by atoms with Crippen molar-refractivity contribution in [3.8, 4) is 5.75 Å². The van der Waals surface area contributed by atoms with Crippen molar-refractivity contribution in [3.05, 3.63) is 42.0 Å². The maximum Gasteiger partial charge on any atom is 0.407 e. The van der Waals surface area contributed by atoms with Crippen molar-refractivity contribution in [1.82, 2.24) is 0 Å². The average Bonchev–Trinajstić information content (AvgIpc) is 2.35. The predicted octanol–water partition coefficient (Wildman–Crippen LogP) is 4.58. The first-order valence-electron chi connectivity index (χ1n) is 6.62. The van der Waals surface area contributed by atoms with E-state index in [1.807, 2.05) is 0 Å². The molecule has 0 spiro atoms. The SMILES string of the molecule is CC(C)(C)Oc1ccc2ccccc2c1[C@H](N)C(F)(F)F. The summed E-state index contributed by atoms with van der Waals surface area (Å²) in [5.74, 6) is 0.172. The molecular formula is C16H18F3NO. The lowest BCUT2D eigenvalue weighted by atomic mass is 9.97. The lowest BCUT2D eigenvalue weighted by Gasteiger charge is -2.27. The third-order valence-electron chi connectivity index (χ3n) is 3.01. The fourth-order valence-electron chi connectivity index (χ4n) is 2.18. The minimum absolute atomic E-state index is 0.0180. The van der Waals surface area contributed by atoms with Gasteiger partial charge < -0.3 is 10.5 Å². The fourth-order valence-corrected chi connectivity index (χ4v) is 2.18. The van der Waals surface area contributed by atoms with E-state index in [4.69, 9.17) is 10.5 Å². The molecule has 2 aromatic rings. The van der Waals surface area contributed by atoms with Gasteiger partial charge in [0.1, 0.15) is 17.4 Å². The highest BCUT2D eigenvalue weighted by Crippen LogP contribution is 2.40. The fraction of sp³-hybridized carbons (Fsp3) is 0.375. The Morgan fingerprint density at radius 3 is 2.19 bits per heavy atom. The van der Waals surface area contributed by atoms with Crippen LogP contribution in [0.5, 0.6) is 5.75 Å². The third-order valence-corrected chi connectivity index (χ3v) is 3.01. The zero-order chi connectivity index (χ0) is 15.8. The van der Waals surface area contributed by atoms with E-state index in [0.717, 1.165) is 0 Å². The molecule has 0 saturated carbocycles. The molecule has 0 aliphatic heterocycles. The van der Waals surface area contributed by atoms with Crippen LogP contribution in [-0.2, 0) is 0 Å². The highest BCUT2D eigenvalue weighted by atomic mass is 19.4. The quantitative estimate of drug-likeness (QED) is 0.880. The molecule has 2 nitrogen and oxygen atoms in total. The number of benzene rings is 2. The molecule has 0 aliphatic rings. The molecule has 21 heavy (non-hydrogen) atoms. The molecule has 0 bridgehead atoms. The number of ether oxygens (including phenoxy) is 1. The van der Waals surface area contributed by atoms with Crippen LogP contribution in [0.4, 0.5) is 13.2 Å². The second-order valence-corrected chi connectivity index (χ2v) is 5.93. The molecule has 0 fully saturated rings.